The van der Waals surface area contributed by atoms with Crippen LogP contribution in [0.1, 0.15) is 24.2 Å². The zero-order chi connectivity index (χ0) is 13.1. The Morgan fingerprint density at radius 2 is 2.11 bits per heavy atom. The van der Waals surface area contributed by atoms with Gasteiger partial charge in [0.05, 0.1) is 23.0 Å². The summed E-state index contributed by atoms with van der Waals surface area (Å²) >= 11 is 6.00. The Labute approximate surface area is 110 Å². The molecule has 0 aliphatic rings. The van der Waals surface area contributed by atoms with Crippen LogP contribution in [0.25, 0.3) is 11.3 Å². The van der Waals surface area contributed by atoms with Crippen molar-refractivity contribution in [1.29, 1.82) is 0 Å². The van der Waals surface area contributed by atoms with Crippen molar-refractivity contribution >= 4 is 17.6 Å². The number of rotatable bonds is 3. The van der Waals surface area contributed by atoms with E-state index in [0.29, 0.717) is 16.3 Å². The van der Waals surface area contributed by atoms with Crippen molar-refractivity contribution in [2.75, 3.05) is 0 Å². The van der Waals surface area contributed by atoms with Crippen molar-refractivity contribution < 1.29 is 13.9 Å². The van der Waals surface area contributed by atoms with Crippen molar-refractivity contribution in [3.05, 3.63) is 47.2 Å². The van der Waals surface area contributed by atoms with Gasteiger partial charge < -0.3 is 9.15 Å². The Kier molecular flexibility index (Phi) is 3.72. The van der Waals surface area contributed by atoms with Crippen LogP contribution in [0.3, 0.4) is 0 Å². The van der Waals surface area contributed by atoms with Crippen LogP contribution in [0.15, 0.2) is 41.0 Å². The molecular weight excluding hydrogens is 252 g/mol. The molecule has 2 aromatic rings. The van der Waals surface area contributed by atoms with Crippen LogP contribution in [0.4, 0.5) is 0 Å². The van der Waals surface area contributed by atoms with E-state index in [1.165, 1.54) is 0 Å². The second-order valence-electron chi connectivity index (χ2n) is 4.13. The first-order valence-electron chi connectivity index (χ1n) is 5.62. The maximum atomic E-state index is 11.9. The minimum Gasteiger partial charge on any atom is -0.464 e. The van der Waals surface area contributed by atoms with Crippen molar-refractivity contribution in [2.45, 2.75) is 20.0 Å². The van der Waals surface area contributed by atoms with Gasteiger partial charge in [-0.3, -0.25) is 0 Å². The summed E-state index contributed by atoms with van der Waals surface area (Å²) in [6.45, 7) is 3.59. The van der Waals surface area contributed by atoms with Crippen molar-refractivity contribution in [2.24, 2.45) is 0 Å². The Bertz CT molecular complexity index is 544. The predicted octanol–water partition coefficient (Wildman–Crippen LogP) is 4.17. The van der Waals surface area contributed by atoms with Gasteiger partial charge >= 0.3 is 5.97 Å². The van der Waals surface area contributed by atoms with Crippen molar-refractivity contribution in [1.82, 2.24) is 0 Å². The number of benzene rings is 1. The largest absolute Gasteiger partial charge is 0.464 e. The van der Waals surface area contributed by atoms with E-state index in [-0.39, 0.29) is 6.10 Å². The molecule has 0 amide bonds. The molecule has 1 heterocycles. The fourth-order valence-corrected chi connectivity index (χ4v) is 1.75. The number of furan rings is 1. The second kappa shape index (κ2) is 5.27. The minimum absolute atomic E-state index is 0.180. The van der Waals surface area contributed by atoms with Crippen LogP contribution in [0, 0.1) is 0 Å². The maximum Gasteiger partial charge on any atom is 0.339 e. The Hall–Kier alpha value is -1.74. The average Bonchev–Trinajstić information content (AvgIpc) is 2.82. The Morgan fingerprint density at radius 1 is 1.33 bits per heavy atom. The van der Waals surface area contributed by atoms with Crippen LogP contribution in [-0.2, 0) is 4.74 Å². The van der Waals surface area contributed by atoms with Gasteiger partial charge in [0.1, 0.15) is 5.76 Å². The standard InChI is InChI=1S/C14H13ClO3/c1-9(2)18-14(16)11-8-10(5-6-12(11)15)13-4-3-7-17-13/h3-9H,1-2H3. The van der Waals surface area contributed by atoms with Crippen LogP contribution in [-0.4, -0.2) is 12.1 Å². The van der Waals surface area contributed by atoms with E-state index < -0.39 is 5.97 Å². The van der Waals surface area contributed by atoms with Crippen molar-refractivity contribution in [3.8, 4) is 11.3 Å². The smallest absolute Gasteiger partial charge is 0.339 e. The predicted molar refractivity (Wildman–Crippen MR) is 69.7 cm³/mol. The van der Waals surface area contributed by atoms with E-state index in [9.17, 15) is 4.79 Å². The molecule has 1 aromatic carbocycles. The molecular formula is C14H13ClO3. The van der Waals surface area contributed by atoms with Crippen LogP contribution >= 0.6 is 11.6 Å². The second-order valence-corrected chi connectivity index (χ2v) is 4.53. The fourth-order valence-electron chi connectivity index (χ4n) is 1.56. The number of carbonyl (C=O) groups excluding carboxylic acids is 1. The zero-order valence-corrected chi connectivity index (χ0v) is 10.9. The van der Waals surface area contributed by atoms with Gasteiger partial charge in [0, 0.05) is 5.56 Å². The summed E-state index contributed by atoms with van der Waals surface area (Å²) in [6, 6.07) is 8.74. The van der Waals surface area contributed by atoms with Gasteiger partial charge in [-0.05, 0) is 44.2 Å². The molecule has 0 bridgehead atoms. The number of ether oxygens (including phenoxy) is 1. The highest BCUT2D eigenvalue weighted by molar-refractivity contribution is 6.33. The van der Waals surface area contributed by atoms with Gasteiger partial charge in [-0.15, -0.1) is 0 Å². The highest BCUT2D eigenvalue weighted by atomic mass is 35.5. The fraction of sp³-hybridized carbons (Fsp3) is 0.214. The topological polar surface area (TPSA) is 39.4 Å². The summed E-state index contributed by atoms with van der Waals surface area (Å²) in [5.74, 6) is 0.258. The number of carbonyl (C=O) groups is 1. The summed E-state index contributed by atoms with van der Waals surface area (Å²) in [5.41, 5.74) is 1.14. The lowest BCUT2D eigenvalue weighted by Gasteiger charge is -2.09. The molecule has 0 unspecified atom stereocenters. The summed E-state index contributed by atoms with van der Waals surface area (Å²) < 4.78 is 10.4. The first kappa shape index (κ1) is 12.7. The molecule has 0 atom stereocenters. The van der Waals surface area contributed by atoms with Gasteiger partial charge in [-0.2, -0.15) is 0 Å². The van der Waals surface area contributed by atoms with Gasteiger partial charge in [0.15, 0.2) is 0 Å². The monoisotopic (exact) mass is 264 g/mol. The molecule has 0 saturated carbocycles. The van der Waals surface area contributed by atoms with E-state index in [0.717, 1.165) is 5.56 Å². The molecule has 94 valence electrons. The molecule has 0 aliphatic heterocycles. The lowest BCUT2D eigenvalue weighted by atomic mass is 10.1. The summed E-state index contributed by atoms with van der Waals surface area (Å²) in [5, 5.41) is 0.371. The Morgan fingerprint density at radius 3 is 2.72 bits per heavy atom. The number of hydrogen-bond acceptors (Lipinski definition) is 3. The van der Waals surface area contributed by atoms with E-state index in [1.54, 1.807) is 44.4 Å². The first-order chi connectivity index (χ1) is 8.58. The summed E-state index contributed by atoms with van der Waals surface area (Å²) in [7, 11) is 0. The molecule has 0 fully saturated rings. The minimum atomic E-state index is -0.427. The molecule has 1 aromatic heterocycles. The van der Waals surface area contributed by atoms with E-state index in [1.807, 2.05) is 6.07 Å². The van der Waals surface area contributed by atoms with Gasteiger partial charge in [0.25, 0.3) is 0 Å². The molecule has 0 spiro atoms. The highest BCUT2D eigenvalue weighted by Crippen LogP contribution is 2.26. The number of halogens is 1. The zero-order valence-electron chi connectivity index (χ0n) is 10.1. The number of esters is 1. The molecule has 0 radical (unpaired) electrons. The van der Waals surface area contributed by atoms with Crippen LogP contribution < -0.4 is 0 Å². The molecule has 0 N–H and O–H groups in total. The SMILES string of the molecule is CC(C)OC(=O)c1cc(-c2ccco2)ccc1Cl. The highest BCUT2D eigenvalue weighted by Gasteiger charge is 2.15. The molecule has 0 aliphatic carbocycles. The van der Waals surface area contributed by atoms with Gasteiger partial charge in [-0.1, -0.05) is 11.6 Å². The van der Waals surface area contributed by atoms with E-state index >= 15 is 0 Å². The van der Waals surface area contributed by atoms with Gasteiger partial charge in [-0.25, -0.2) is 4.79 Å². The molecule has 3 nitrogen and oxygen atoms in total. The molecule has 18 heavy (non-hydrogen) atoms. The lowest BCUT2D eigenvalue weighted by Crippen LogP contribution is -2.12. The third-order valence-electron chi connectivity index (χ3n) is 2.33. The third kappa shape index (κ3) is 2.74. The normalized spacial score (nSPS) is 10.7. The lowest BCUT2D eigenvalue weighted by molar-refractivity contribution is 0.0378. The number of hydrogen-bond donors (Lipinski definition) is 0. The quantitative estimate of drug-likeness (QED) is 0.781. The summed E-state index contributed by atoms with van der Waals surface area (Å²) in [6.07, 6.45) is 1.40. The molecule has 4 heteroatoms. The molecule has 0 saturated heterocycles. The summed E-state index contributed by atoms with van der Waals surface area (Å²) in [4.78, 5) is 11.9. The average molecular weight is 265 g/mol. The van der Waals surface area contributed by atoms with Crippen LogP contribution in [0.2, 0.25) is 5.02 Å². The van der Waals surface area contributed by atoms with Crippen molar-refractivity contribution in [3.63, 3.8) is 0 Å². The molecule has 2 rings (SSSR count). The van der Waals surface area contributed by atoms with E-state index in [2.05, 4.69) is 0 Å². The first-order valence-corrected chi connectivity index (χ1v) is 6.00. The maximum absolute atomic E-state index is 11.9. The van der Waals surface area contributed by atoms with Gasteiger partial charge in [0.2, 0.25) is 0 Å². The Balaban J connectivity index is 2.36. The third-order valence-corrected chi connectivity index (χ3v) is 2.66. The van der Waals surface area contributed by atoms with Crippen LogP contribution in [0.5, 0.6) is 0 Å². The van der Waals surface area contributed by atoms with E-state index in [4.69, 9.17) is 20.8 Å².